The Morgan fingerprint density at radius 3 is 2.47 bits per heavy atom. The van der Waals surface area contributed by atoms with Crippen LogP contribution in [0.3, 0.4) is 0 Å². The smallest absolute Gasteiger partial charge is 0.329 e. The third kappa shape index (κ3) is 4.77. The molecule has 1 aliphatic carbocycles. The number of carboxylic acids is 2. The monoisotopic (exact) mass is 416 g/mol. The lowest BCUT2D eigenvalue weighted by Crippen LogP contribution is -2.55. The van der Waals surface area contributed by atoms with Gasteiger partial charge in [0.2, 0.25) is 11.8 Å². The Hall–Kier alpha value is -3.40. The summed E-state index contributed by atoms with van der Waals surface area (Å²) in [4.78, 5) is 50.4. The number of amides is 2. The SMILES string of the molecule is N[C@@H](Cc1c[nH]c2ccccc12)C(=O)N[C@@H](CCC(=O)O)C(=O)NC1(C(=O)O)CC1. The summed E-state index contributed by atoms with van der Waals surface area (Å²) >= 11 is 0. The number of hydrogen-bond donors (Lipinski definition) is 6. The predicted octanol–water partition coefficient (Wildman–Crippen LogP) is 0.121. The number of rotatable bonds is 10. The zero-order chi connectivity index (χ0) is 21.9. The van der Waals surface area contributed by atoms with E-state index in [-0.39, 0.29) is 32.1 Å². The number of carbonyl (C=O) groups excluding carboxylic acids is 2. The van der Waals surface area contributed by atoms with E-state index in [1.54, 1.807) is 6.20 Å². The van der Waals surface area contributed by atoms with E-state index >= 15 is 0 Å². The number of hydrogen-bond acceptors (Lipinski definition) is 5. The quantitative estimate of drug-likeness (QED) is 0.319. The van der Waals surface area contributed by atoms with Gasteiger partial charge in [0.1, 0.15) is 11.6 Å². The summed E-state index contributed by atoms with van der Waals surface area (Å²) in [6.07, 6.45) is 2.00. The molecule has 1 fully saturated rings. The zero-order valence-electron chi connectivity index (χ0n) is 16.2. The van der Waals surface area contributed by atoms with Gasteiger partial charge in [0.25, 0.3) is 0 Å². The van der Waals surface area contributed by atoms with Crippen molar-refractivity contribution in [2.45, 2.75) is 49.7 Å². The van der Waals surface area contributed by atoms with E-state index in [2.05, 4.69) is 15.6 Å². The third-order valence-electron chi connectivity index (χ3n) is 5.25. The number of nitrogens with two attached hydrogens (primary N) is 1. The number of benzene rings is 1. The second-order valence-corrected chi connectivity index (χ2v) is 7.54. The number of aliphatic carboxylic acids is 2. The van der Waals surface area contributed by atoms with Crippen LogP contribution in [0.25, 0.3) is 10.9 Å². The van der Waals surface area contributed by atoms with Gasteiger partial charge in [-0.2, -0.15) is 0 Å². The molecular weight excluding hydrogens is 392 g/mol. The van der Waals surface area contributed by atoms with Crippen LogP contribution in [0, 0.1) is 0 Å². The molecule has 1 aromatic heterocycles. The van der Waals surface area contributed by atoms with Crippen LogP contribution in [0.15, 0.2) is 30.5 Å². The Balaban J connectivity index is 1.66. The molecule has 160 valence electrons. The van der Waals surface area contributed by atoms with Crippen LogP contribution in [0.2, 0.25) is 0 Å². The van der Waals surface area contributed by atoms with Crippen molar-refractivity contribution in [2.75, 3.05) is 0 Å². The van der Waals surface area contributed by atoms with Crippen LogP contribution in [0.1, 0.15) is 31.2 Å². The molecule has 10 nitrogen and oxygen atoms in total. The lowest BCUT2D eigenvalue weighted by atomic mass is 10.0. The molecule has 0 unspecified atom stereocenters. The van der Waals surface area contributed by atoms with Gasteiger partial charge >= 0.3 is 11.9 Å². The Bertz CT molecular complexity index is 981. The topological polar surface area (TPSA) is 175 Å². The zero-order valence-corrected chi connectivity index (χ0v) is 16.2. The number of aromatic nitrogens is 1. The minimum Gasteiger partial charge on any atom is -0.481 e. The van der Waals surface area contributed by atoms with Crippen LogP contribution in [0.4, 0.5) is 0 Å². The Morgan fingerprint density at radius 1 is 1.13 bits per heavy atom. The number of fused-ring (bicyclic) bond motifs is 1. The van der Waals surface area contributed by atoms with Crippen LogP contribution in [-0.4, -0.2) is 56.6 Å². The molecule has 30 heavy (non-hydrogen) atoms. The molecular formula is C20H24N4O6. The number of aromatic amines is 1. The van der Waals surface area contributed by atoms with Gasteiger partial charge in [-0.3, -0.25) is 14.4 Å². The molecule has 0 bridgehead atoms. The van der Waals surface area contributed by atoms with E-state index in [0.717, 1.165) is 16.5 Å². The molecule has 1 aromatic carbocycles. The van der Waals surface area contributed by atoms with E-state index in [1.165, 1.54) is 0 Å². The average Bonchev–Trinajstić information content (AvgIpc) is 3.38. The molecule has 0 radical (unpaired) electrons. The van der Waals surface area contributed by atoms with E-state index in [1.807, 2.05) is 24.3 Å². The Morgan fingerprint density at radius 2 is 1.83 bits per heavy atom. The Kier molecular flexibility index (Phi) is 6.06. The first-order chi connectivity index (χ1) is 14.2. The predicted molar refractivity (Wildman–Crippen MR) is 107 cm³/mol. The number of carboxylic acid groups (broad SMARTS) is 2. The molecule has 0 saturated heterocycles. The van der Waals surface area contributed by atoms with Crippen molar-refractivity contribution in [3.8, 4) is 0 Å². The number of carbonyl (C=O) groups is 4. The van der Waals surface area contributed by atoms with Gasteiger partial charge in [0, 0.05) is 23.5 Å². The van der Waals surface area contributed by atoms with Crippen LogP contribution in [0.5, 0.6) is 0 Å². The van der Waals surface area contributed by atoms with Gasteiger partial charge in [0.05, 0.1) is 6.04 Å². The van der Waals surface area contributed by atoms with Crippen molar-refractivity contribution >= 4 is 34.7 Å². The summed E-state index contributed by atoms with van der Waals surface area (Å²) < 4.78 is 0. The summed E-state index contributed by atoms with van der Waals surface area (Å²) in [5.41, 5.74) is 6.43. The molecule has 3 rings (SSSR count). The molecule has 1 saturated carbocycles. The van der Waals surface area contributed by atoms with Crippen LogP contribution in [-0.2, 0) is 25.6 Å². The van der Waals surface area contributed by atoms with E-state index < -0.39 is 41.4 Å². The van der Waals surface area contributed by atoms with E-state index in [9.17, 15) is 24.3 Å². The summed E-state index contributed by atoms with van der Waals surface area (Å²) in [6.45, 7) is 0. The second-order valence-electron chi connectivity index (χ2n) is 7.54. The fourth-order valence-electron chi connectivity index (χ4n) is 3.29. The van der Waals surface area contributed by atoms with Crippen LogP contribution < -0.4 is 16.4 Å². The van der Waals surface area contributed by atoms with Crippen molar-refractivity contribution in [3.63, 3.8) is 0 Å². The molecule has 0 aliphatic heterocycles. The summed E-state index contributed by atoms with van der Waals surface area (Å²) in [6, 6.07) is 5.37. The van der Waals surface area contributed by atoms with E-state index in [0.29, 0.717) is 0 Å². The fraction of sp³-hybridized carbons (Fsp3) is 0.400. The minimum absolute atomic E-state index is 0.178. The summed E-state index contributed by atoms with van der Waals surface area (Å²) in [7, 11) is 0. The Labute approximate surface area is 171 Å². The molecule has 10 heteroatoms. The van der Waals surface area contributed by atoms with Gasteiger partial charge in [-0.15, -0.1) is 0 Å². The average molecular weight is 416 g/mol. The lowest BCUT2D eigenvalue weighted by molar-refractivity contribution is -0.144. The van der Waals surface area contributed by atoms with Gasteiger partial charge in [-0.1, -0.05) is 18.2 Å². The maximum Gasteiger partial charge on any atom is 0.329 e. The van der Waals surface area contributed by atoms with Gasteiger partial charge < -0.3 is 31.6 Å². The molecule has 1 aliphatic rings. The standard InChI is InChI=1S/C20H24N4O6/c21-13(9-11-10-22-14-4-2-1-3-12(11)14)17(27)23-15(5-6-16(25)26)18(28)24-20(7-8-20)19(29)30/h1-4,10,13,15,22H,5-9,21H2,(H,23,27)(H,24,28)(H,25,26)(H,29,30)/t13-,15-/m0/s1. The molecule has 1 heterocycles. The number of para-hydroxylation sites is 1. The van der Waals surface area contributed by atoms with Gasteiger partial charge in [0.15, 0.2) is 0 Å². The first-order valence-electron chi connectivity index (χ1n) is 9.60. The molecule has 2 atom stereocenters. The summed E-state index contributed by atoms with van der Waals surface area (Å²) in [5.74, 6) is -3.64. The van der Waals surface area contributed by atoms with Gasteiger partial charge in [-0.25, -0.2) is 4.79 Å². The van der Waals surface area contributed by atoms with Crippen molar-refractivity contribution in [2.24, 2.45) is 5.73 Å². The van der Waals surface area contributed by atoms with Crippen molar-refractivity contribution in [1.29, 1.82) is 0 Å². The van der Waals surface area contributed by atoms with Crippen molar-refractivity contribution in [3.05, 3.63) is 36.0 Å². The lowest BCUT2D eigenvalue weighted by Gasteiger charge is -2.22. The highest BCUT2D eigenvalue weighted by Gasteiger charge is 2.52. The maximum atomic E-state index is 12.6. The first-order valence-corrected chi connectivity index (χ1v) is 9.60. The first kappa shape index (κ1) is 21.3. The highest BCUT2D eigenvalue weighted by Crippen LogP contribution is 2.35. The van der Waals surface area contributed by atoms with Crippen molar-refractivity contribution < 1.29 is 29.4 Å². The normalized spacial score (nSPS) is 16.4. The third-order valence-corrected chi connectivity index (χ3v) is 5.25. The van der Waals surface area contributed by atoms with Crippen molar-refractivity contribution in [1.82, 2.24) is 15.6 Å². The highest BCUT2D eigenvalue weighted by atomic mass is 16.4. The largest absolute Gasteiger partial charge is 0.481 e. The minimum atomic E-state index is -1.34. The number of nitrogens with one attached hydrogen (secondary N) is 3. The molecule has 2 aromatic rings. The maximum absolute atomic E-state index is 12.6. The molecule has 0 spiro atoms. The number of H-pyrrole nitrogens is 1. The van der Waals surface area contributed by atoms with Gasteiger partial charge in [-0.05, 0) is 37.3 Å². The van der Waals surface area contributed by atoms with Crippen LogP contribution >= 0.6 is 0 Å². The second kappa shape index (κ2) is 8.54. The molecule has 2 amide bonds. The highest BCUT2D eigenvalue weighted by molar-refractivity contribution is 5.95. The summed E-state index contributed by atoms with van der Waals surface area (Å²) in [5, 5.41) is 24.0. The van der Waals surface area contributed by atoms with E-state index in [4.69, 9.17) is 10.8 Å². The fourth-order valence-corrected chi connectivity index (χ4v) is 3.29. The molecule has 7 N–H and O–H groups in total.